The SMILES string of the molecule is O=C(Nc1cccc(F)n1)c1ccc(=O)[nH]n1. The van der Waals surface area contributed by atoms with Crippen molar-refractivity contribution < 1.29 is 9.18 Å². The summed E-state index contributed by atoms with van der Waals surface area (Å²) >= 11 is 0. The largest absolute Gasteiger partial charge is 0.305 e. The van der Waals surface area contributed by atoms with Gasteiger partial charge < -0.3 is 5.32 Å². The molecule has 0 saturated heterocycles. The number of anilines is 1. The normalized spacial score (nSPS) is 9.94. The summed E-state index contributed by atoms with van der Waals surface area (Å²) in [5.74, 6) is -1.21. The van der Waals surface area contributed by atoms with Crippen LogP contribution in [0.25, 0.3) is 0 Å². The summed E-state index contributed by atoms with van der Waals surface area (Å²) in [4.78, 5) is 25.8. The lowest BCUT2D eigenvalue weighted by molar-refractivity contribution is 0.102. The Morgan fingerprint density at radius 1 is 1.29 bits per heavy atom. The van der Waals surface area contributed by atoms with Gasteiger partial charge >= 0.3 is 0 Å². The number of aromatic amines is 1. The molecule has 0 atom stereocenters. The van der Waals surface area contributed by atoms with Gasteiger partial charge in [0, 0.05) is 6.07 Å². The number of carbonyl (C=O) groups excluding carboxylic acids is 1. The standard InChI is InChI=1S/C10H7FN4O2/c11-7-2-1-3-8(12-7)13-10(17)6-4-5-9(16)15-14-6/h1-5H,(H,15,16)(H,12,13,17). The third kappa shape index (κ3) is 2.71. The maximum Gasteiger partial charge on any atom is 0.277 e. The van der Waals surface area contributed by atoms with Crippen LogP contribution in [0, 0.1) is 5.95 Å². The molecule has 0 radical (unpaired) electrons. The van der Waals surface area contributed by atoms with Gasteiger partial charge in [0.25, 0.3) is 11.5 Å². The Labute approximate surface area is 94.5 Å². The van der Waals surface area contributed by atoms with E-state index in [-0.39, 0.29) is 11.5 Å². The average Bonchev–Trinajstić information content (AvgIpc) is 2.29. The van der Waals surface area contributed by atoms with E-state index in [0.717, 1.165) is 6.07 Å². The summed E-state index contributed by atoms with van der Waals surface area (Å²) in [6, 6.07) is 6.44. The molecule has 0 fully saturated rings. The predicted molar refractivity (Wildman–Crippen MR) is 57.0 cm³/mol. The first-order valence-electron chi connectivity index (χ1n) is 4.65. The van der Waals surface area contributed by atoms with Crippen molar-refractivity contribution in [1.29, 1.82) is 0 Å². The molecule has 6 nitrogen and oxygen atoms in total. The molecule has 0 unspecified atom stereocenters. The molecular formula is C10H7FN4O2. The van der Waals surface area contributed by atoms with Gasteiger partial charge in [-0.05, 0) is 18.2 Å². The fraction of sp³-hybridized carbons (Fsp3) is 0. The third-order valence-corrected chi connectivity index (χ3v) is 1.87. The summed E-state index contributed by atoms with van der Waals surface area (Å²) in [6.45, 7) is 0. The van der Waals surface area contributed by atoms with Crippen LogP contribution in [0.3, 0.4) is 0 Å². The Bertz CT molecular complexity index is 591. The molecule has 2 aromatic rings. The highest BCUT2D eigenvalue weighted by Gasteiger charge is 2.08. The first kappa shape index (κ1) is 10.9. The number of carbonyl (C=O) groups is 1. The molecule has 17 heavy (non-hydrogen) atoms. The second kappa shape index (κ2) is 4.52. The number of nitrogens with zero attached hydrogens (tertiary/aromatic N) is 2. The van der Waals surface area contributed by atoms with E-state index in [9.17, 15) is 14.0 Å². The number of nitrogens with one attached hydrogen (secondary N) is 2. The van der Waals surface area contributed by atoms with Crippen molar-refractivity contribution >= 4 is 11.7 Å². The third-order valence-electron chi connectivity index (χ3n) is 1.87. The van der Waals surface area contributed by atoms with Gasteiger partial charge in [-0.2, -0.15) is 9.49 Å². The number of amides is 1. The highest BCUT2D eigenvalue weighted by Crippen LogP contribution is 2.04. The van der Waals surface area contributed by atoms with Crippen LogP contribution >= 0.6 is 0 Å². The molecule has 0 aliphatic heterocycles. The number of hydrogen-bond acceptors (Lipinski definition) is 4. The highest BCUT2D eigenvalue weighted by atomic mass is 19.1. The van der Waals surface area contributed by atoms with Crippen LogP contribution in [0.15, 0.2) is 35.1 Å². The Morgan fingerprint density at radius 2 is 2.12 bits per heavy atom. The van der Waals surface area contributed by atoms with Crippen molar-refractivity contribution in [1.82, 2.24) is 15.2 Å². The van der Waals surface area contributed by atoms with Gasteiger partial charge in [0.1, 0.15) is 11.5 Å². The molecule has 2 heterocycles. The maximum atomic E-state index is 12.7. The zero-order valence-corrected chi connectivity index (χ0v) is 8.48. The lowest BCUT2D eigenvalue weighted by Crippen LogP contribution is -2.18. The van der Waals surface area contributed by atoms with Crippen LogP contribution in [0.4, 0.5) is 10.2 Å². The van der Waals surface area contributed by atoms with Crippen molar-refractivity contribution in [2.75, 3.05) is 5.32 Å². The van der Waals surface area contributed by atoms with Crippen molar-refractivity contribution in [2.24, 2.45) is 0 Å². The minimum absolute atomic E-state index is 0.00987. The molecule has 0 aliphatic rings. The zero-order valence-electron chi connectivity index (χ0n) is 8.48. The minimum atomic E-state index is -0.697. The Morgan fingerprint density at radius 3 is 2.76 bits per heavy atom. The zero-order chi connectivity index (χ0) is 12.3. The van der Waals surface area contributed by atoms with E-state index in [1.54, 1.807) is 0 Å². The van der Waals surface area contributed by atoms with Crippen LogP contribution in [-0.4, -0.2) is 21.1 Å². The molecule has 0 aromatic carbocycles. The molecule has 7 heteroatoms. The topological polar surface area (TPSA) is 87.7 Å². The first-order valence-corrected chi connectivity index (χ1v) is 4.65. The van der Waals surface area contributed by atoms with Gasteiger partial charge in [0.15, 0.2) is 0 Å². The maximum absolute atomic E-state index is 12.7. The van der Waals surface area contributed by atoms with Gasteiger partial charge in [0.05, 0.1) is 0 Å². The van der Waals surface area contributed by atoms with Crippen LogP contribution < -0.4 is 10.9 Å². The second-order valence-corrected chi connectivity index (χ2v) is 3.11. The molecule has 0 bridgehead atoms. The van der Waals surface area contributed by atoms with Gasteiger partial charge in [-0.15, -0.1) is 0 Å². The quantitative estimate of drug-likeness (QED) is 0.743. The lowest BCUT2D eigenvalue weighted by atomic mass is 10.3. The summed E-state index contributed by atoms with van der Waals surface area (Å²) in [5, 5.41) is 7.99. The van der Waals surface area contributed by atoms with Gasteiger partial charge in [-0.25, -0.2) is 10.1 Å². The first-order chi connectivity index (χ1) is 8.15. The van der Waals surface area contributed by atoms with Gasteiger partial charge in [0.2, 0.25) is 5.95 Å². The fourth-order valence-electron chi connectivity index (χ4n) is 1.13. The van der Waals surface area contributed by atoms with E-state index < -0.39 is 17.4 Å². The molecule has 86 valence electrons. The van der Waals surface area contributed by atoms with E-state index >= 15 is 0 Å². The molecule has 1 amide bonds. The monoisotopic (exact) mass is 234 g/mol. The average molecular weight is 234 g/mol. The summed E-state index contributed by atoms with van der Waals surface area (Å²) in [7, 11) is 0. The van der Waals surface area contributed by atoms with Gasteiger partial charge in [-0.3, -0.25) is 9.59 Å². The molecule has 2 aromatic heterocycles. The van der Waals surface area contributed by atoms with E-state index in [2.05, 4.69) is 20.5 Å². The van der Waals surface area contributed by atoms with Crippen LogP contribution in [-0.2, 0) is 0 Å². The molecule has 0 saturated carbocycles. The second-order valence-electron chi connectivity index (χ2n) is 3.11. The van der Waals surface area contributed by atoms with Crippen LogP contribution in [0.5, 0.6) is 0 Å². The number of hydrogen-bond donors (Lipinski definition) is 2. The summed E-state index contributed by atoms with van der Waals surface area (Å²) in [6.07, 6.45) is 0. The van der Waals surface area contributed by atoms with E-state index in [0.29, 0.717) is 0 Å². The van der Waals surface area contributed by atoms with Crippen LogP contribution in [0.1, 0.15) is 10.5 Å². The van der Waals surface area contributed by atoms with Crippen molar-refractivity contribution in [2.45, 2.75) is 0 Å². The summed E-state index contributed by atoms with van der Waals surface area (Å²) in [5.41, 5.74) is -0.402. The Kier molecular flexibility index (Phi) is 2.91. The Balaban J connectivity index is 2.17. The fourth-order valence-corrected chi connectivity index (χ4v) is 1.13. The molecule has 0 aliphatic carbocycles. The van der Waals surface area contributed by atoms with Gasteiger partial charge in [-0.1, -0.05) is 6.07 Å². The highest BCUT2D eigenvalue weighted by molar-refractivity contribution is 6.02. The minimum Gasteiger partial charge on any atom is -0.305 e. The predicted octanol–water partition coefficient (Wildman–Crippen LogP) is 0.556. The number of rotatable bonds is 2. The number of H-pyrrole nitrogens is 1. The van der Waals surface area contributed by atoms with E-state index in [1.165, 1.54) is 24.3 Å². The number of aromatic nitrogens is 3. The summed E-state index contributed by atoms with van der Waals surface area (Å²) < 4.78 is 12.7. The number of pyridine rings is 1. The van der Waals surface area contributed by atoms with E-state index in [4.69, 9.17) is 0 Å². The molecule has 2 N–H and O–H groups in total. The molecule has 0 spiro atoms. The Hall–Kier alpha value is -2.57. The van der Waals surface area contributed by atoms with Crippen molar-refractivity contribution in [3.63, 3.8) is 0 Å². The van der Waals surface area contributed by atoms with Crippen molar-refractivity contribution in [3.8, 4) is 0 Å². The smallest absolute Gasteiger partial charge is 0.277 e. The number of halogens is 1. The lowest BCUT2D eigenvalue weighted by Gasteiger charge is -2.02. The van der Waals surface area contributed by atoms with Crippen molar-refractivity contribution in [3.05, 3.63) is 52.3 Å². The molecular weight excluding hydrogens is 227 g/mol. The van der Waals surface area contributed by atoms with Crippen LogP contribution in [0.2, 0.25) is 0 Å². The molecule has 2 rings (SSSR count). The van der Waals surface area contributed by atoms with E-state index in [1.807, 2.05) is 0 Å².